The highest BCUT2D eigenvalue weighted by Crippen LogP contribution is 2.34. The van der Waals surface area contributed by atoms with Crippen molar-refractivity contribution in [2.24, 2.45) is 0 Å². The second kappa shape index (κ2) is 15.0. The van der Waals surface area contributed by atoms with Gasteiger partial charge in [0.25, 0.3) is 0 Å². The van der Waals surface area contributed by atoms with E-state index < -0.39 is 18.0 Å². The van der Waals surface area contributed by atoms with Gasteiger partial charge in [0.15, 0.2) is 11.5 Å². The molecule has 2 heterocycles. The van der Waals surface area contributed by atoms with Gasteiger partial charge in [0.05, 0.1) is 38.3 Å². The van der Waals surface area contributed by atoms with Crippen molar-refractivity contribution < 1.29 is 57.1 Å². The Labute approximate surface area is 279 Å². The highest BCUT2D eigenvalue weighted by molar-refractivity contribution is 6.30. The third-order valence-corrected chi connectivity index (χ3v) is 7.91. The second-order valence-corrected chi connectivity index (χ2v) is 11.6. The number of quaternary nitrogens is 1. The van der Waals surface area contributed by atoms with E-state index in [4.69, 9.17) is 25.8 Å². The zero-order valence-electron chi connectivity index (χ0n) is 24.6. The fraction of sp³-hybridized carbons (Fsp3) is 0.344. The van der Waals surface area contributed by atoms with E-state index in [0.717, 1.165) is 53.2 Å². The van der Waals surface area contributed by atoms with Gasteiger partial charge in [-0.15, -0.1) is 0 Å². The van der Waals surface area contributed by atoms with Crippen molar-refractivity contribution in [1.29, 1.82) is 0 Å². The van der Waals surface area contributed by atoms with Crippen LogP contribution in [0.2, 0.25) is 5.02 Å². The number of anilines is 1. The molecular weight excluding hydrogens is 699 g/mol. The molecule has 1 saturated heterocycles. The predicted molar refractivity (Wildman–Crippen MR) is 162 cm³/mol. The van der Waals surface area contributed by atoms with Gasteiger partial charge < -0.3 is 58.6 Å². The molecule has 234 valence electrons. The van der Waals surface area contributed by atoms with Crippen LogP contribution in [0.15, 0.2) is 66.7 Å². The average molecular weight is 735 g/mol. The van der Waals surface area contributed by atoms with Crippen LogP contribution >= 0.6 is 11.6 Å². The summed E-state index contributed by atoms with van der Waals surface area (Å²) in [5.41, 5.74) is 2.86. The summed E-state index contributed by atoms with van der Waals surface area (Å²) >= 11 is 6.06. The van der Waals surface area contributed by atoms with Gasteiger partial charge in [-0.2, -0.15) is 0 Å². The summed E-state index contributed by atoms with van der Waals surface area (Å²) in [5.74, 6) is 0.826. The number of fused-ring (bicyclic) bond motifs is 1. The topological polar surface area (TPSA) is 115 Å². The van der Waals surface area contributed by atoms with Crippen molar-refractivity contribution in [3.63, 3.8) is 0 Å². The zero-order valence-corrected chi connectivity index (χ0v) is 27.5. The summed E-state index contributed by atoms with van der Waals surface area (Å²) < 4.78 is 16.7. The molecule has 3 N–H and O–H groups in total. The lowest BCUT2D eigenvalue weighted by molar-refractivity contribution is -0.911. The van der Waals surface area contributed by atoms with Gasteiger partial charge in [0, 0.05) is 29.1 Å². The Hall–Kier alpha value is -3.55. The molecule has 3 aromatic rings. The van der Waals surface area contributed by atoms with Gasteiger partial charge in [0.1, 0.15) is 12.6 Å². The number of ether oxygens (including phenoxy) is 3. The monoisotopic (exact) mass is 734 g/mol. The summed E-state index contributed by atoms with van der Waals surface area (Å²) in [4.78, 5) is 38.5. The second-order valence-electron chi connectivity index (χ2n) is 11.1. The van der Waals surface area contributed by atoms with E-state index >= 15 is 0 Å². The first-order valence-electron chi connectivity index (χ1n) is 14.3. The minimum absolute atomic E-state index is 0. The zero-order chi connectivity index (χ0) is 30.4. The van der Waals surface area contributed by atoms with Crippen LogP contribution in [0.1, 0.15) is 34.8 Å². The first-order valence-corrected chi connectivity index (χ1v) is 14.7. The number of hydrogen-bond acceptors (Lipinski definition) is 6. The normalized spacial score (nSPS) is 18.9. The van der Waals surface area contributed by atoms with E-state index in [2.05, 4.69) is 29.1 Å². The largest absolute Gasteiger partial charge is 1.00 e. The molecule has 2 aliphatic rings. The van der Waals surface area contributed by atoms with E-state index in [-0.39, 0.29) is 55.7 Å². The van der Waals surface area contributed by atoms with Crippen LogP contribution in [0.5, 0.6) is 11.5 Å². The molecule has 1 unspecified atom stereocenters. The van der Waals surface area contributed by atoms with E-state index in [9.17, 15) is 14.4 Å². The summed E-state index contributed by atoms with van der Waals surface area (Å²) in [7, 11) is 2.18. The van der Waals surface area contributed by atoms with E-state index in [1.54, 1.807) is 43.3 Å². The molecule has 0 saturated carbocycles. The SMILES string of the molecule is CCOC(=O)c1ccc(NC(=O)N[C@@H](Cc2ccc(Cl)cc2)C(=O)N[C@H]2CC[N+](C)(Cc3ccc4c(c3)OCO4)C2)cc1.[I-]. The van der Waals surface area contributed by atoms with E-state index in [1.165, 1.54) is 0 Å². The van der Waals surface area contributed by atoms with Crippen molar-refractivity contribution >= 4 is 35.2 Å². The maximum Gasteiger partial charge on any atom is 0.338 e. The summed E-state index contributed by atoms with van der Waals surface area (Å²) in [5, 5.41) is 9.34. The van der Waals surface area contributed by atoms with Crippen molar-refractivity contribution in [3.8, 4) is 11.5 Å². The van der Waals surface area contributed by atoms with Crippen molar-refractivity contribution in [2.45, 2.75) is 38.4 Å². The molecule has 0 bridgehead atoms. The van der Waals surface area contributed by atoms with Crippen LogP contribution in [0.3, 0.4) is 0 Å². The maximum absolute atomic E-state index is 13.6. The summed E-state index contributed by atoms with van der Waals surface area (Å²) in [6, 6.07) is 18.2. The van der Waals surface area contributed by atoms with Crippen molar-refractivity contribution in [2.75, 3.05) is 38.9 Å². The third-order valence-electron chi connectivity index (χ3n) is 7.66. The molecule has 0 radical (unpaired) electrons. The number of rotatable bonds is 10. The Bertz CT molecular complexity index is 1470. The average Bonchev–Trinajstić information content (AvgIpc) is 3.60. The van der Waals surface area contributed by atoms with Gasteiger partial charge >= 0.3 is 12.0 Å². The Morgan fingerprint density at radius 3 is 2.43 bits per heavy atom. The third kappa shape index (κ3) is 8.76. The maximum atomic E-state index is 13.6. The fourth-order valence-corrected chi connectivity index (χ4v) is 5.65. The molecular formula is C32H36ClIN4O6. The number of urea groups is 1. The Morgan fingerprint density at radius 1 is 1.00 bits per heavy atom. The molecule has 1 fully saturated rings. The number of hydrogen-bond donors (Lipinski definition) is 3. The minimum atomic E-state index is -0.826. The molecule has 0 aliphatic carbocycles. The molecule has 3 aromatic carbocycles. The molecule has 3 amide bonds. The van der Waals surface area contributed by atoms with Gasteiger partial charge in [-0.1, -0.05) is 23.7 Å². The number of nitrogens with one attached hydrogen (secondary N) is 3. The Balaban J connectivity index is 0.00000442. The van der Waals surface area contributed by atoms with Crippen molar-refractivity contribution in [3.05, 3.63) is 88.4 Å². The number of carbonyl (C=O) groups excluding carboxylic acids is 3. The molecule has 0 spiro atoms. The number of carbonyl (C=O) groups is 3. The molecule has 2 aliphatic heterocycles. The van der Waals surface area contributed by atoms with E-state index in [1.807, 2.05) is 24.3 Å². The van der Waals surface area contributed by atoms with Gasteiger partial charge in [-0.3, -0.25) is 4.79 Å². The molecule has 3 atom stereocenters. The Morgan fingerprint density at radius 2 is 1.70 bits per heavy atom. The number of esters is 1. The van der Waals surface area contributed by atoms with Crippen LogP contribution in [0.25, 0.3) is 0 Å². The molecule has 0 aromatic heterocycles. The molecule has 12 heteroatoms. The van der Waals surface area contributed by atoms with Gasteiger partial charge in [-0.05, 0) is 67.1 Å². The lowest BCUT2D eigenvalue weighted by Crippen LogP contribution is -3.00. The van der Waals surface area contributed by atoms with Crippen molar-refractivity contribution in [1.82, 2.24) is 10.6 Å². The smallest absolute Gasteiger partial charge is 0.338 e. The lowest BCUT2D eigenvalue weighted by Gasteiger charge is -2.30. The fourth-order valence-electron chi connectivity index (χ4n) is 5.52. The first-order chi connectivity index (χ1) is 20.7. The Kier molecular flexibility index (Phi) is 11.3. The van der Waals surface area contributed by atoms with Crippen LogP contribution in [-0.2, 0) is 22.5 Å². The predicted octanol–water partition coefficient (Wildman–Crippen LogP) is 1.52. The van der Waals surface area contributed by atoms with Crippen LogP contribution < -0.4 is 49.4 Å². The number of benzene rings is 3. The standard InChI is InChI=1S/C32H35ClN4O6.HI/c1-3-41-31(39)23-7-11-25(12-8-23)35-32(40)36-27(16-21-4-9-24(33)10-5-21)30(38)34-26-14-15-37(2,19-26)18-22-6-13-28-29(17-22)43-20-42-28;/h4-13,17,26-27H,3,14-16,18-20H2,1-2H3,(H2-,34,35,36,38,39,40);1H/t26-,27-,37?;/m0./s1. The minimum Gasteiger partial charge on any atom is -1.00 e. The molecule has 10 nitrogen and oxygen atoms in total. The summed E-state index contributed by atoms with van der Waals surface area (Å²) in [6.07, 6.45) is 1.10. The van der Waals surface area contributed by atoms with Crippen LogP contribution in [0, 0.1) is 0 Å². The number of likely N-dealkylation sites (N-methyl/N-ethyl adjacent to an activating group) is 1. The number of nitrogens with zero attached hydrogens (tertiary/aromatic N) is 1. The van der Waals surface area contributed by atoms with Crippen LogP contribution in [-0.4, -0.2) is 68.0 Å². The van der Waals surface area contributed by atoms with E-state index in [0.29, 0.717) is 16.3 Å². The number of halogens is 2. The highest BCUT2D eigenvalue weighted by atomic mass is 127. The highest BCUT2D eigenvalue weighted by Gasteiger charge is 2.37. The number of likely N-dealkylation sites (tertiary alicyclic amines) is 1. The molecule has 5 rings (SSSR count). The first kappa shape index (κ1) is 33.3. The van der Waals surface area contributed by atoms with Crippen LogP contribution in [0.4, 0.5) is 10.5 Å². The van der Waals surface area contributed by atoms with Gasteiger partial charge in [-0.25, -0.2) is 9.59 Å². The number of amides is 3. The summed E-state index contributed by atoms with van der Waals surface area (Å²) in [6.45, 7) is 4.71. The molecule has 44 heavy (non-hydrogen) atoms. The lowest BCUT2D eigenvalue weighted by atomic mass is 10.0. The quantitative estimate of drug-likeness (QED) is 0.166. The van der Waals surface area contributed by atoms with Gasteiger partial charge in [0.2, 0.25) is 12.7 Å².